The zero-order chi connectivity index (χ0) is 11.4. The third kappa shape index (κ3) is 3.32. The van der Waals surface area contributed by atoms with E-state index >= 15 is 0 Å². The molecule has 0 aliphatic heterocycles. The standard InChI is InChI=1S/C11H16N2O2/c1-8-6-9(11(14)15)10(12-7-8)4-5-13(2)3/h6-7H,4-5H2,1-3H3,(H,14,15). The summed E-state index contributed by atoms with van der Waals surface area (Å²) in [6.07, 6.45) is 2.37. The first kappa shape index (κ1) is 11.7. The second-order valence-corrected chi connectivity index (χ2v) is 3.87. The van der Waals surface area contributed by atoms with Gasteiger partial charge in [-0.25, -0.2) is 4.79 Å². The van der Waals surface area contributed by atoms with E-state index in [-0.39, 0.29) is 0 Å². The normalized spacial score (nSPS) is 10.7. The number of carboxylic acid groups (broad SMARTS) is 1. The van der Waals surface area contributed by atoms with Gasteiger partial charge >= 0.3 is 5.97 Å². The Labute approximate surface area is 89.6 Å². The second-order valence-electron chi connectivity index (χ2n) is 3.87. The van der Waals surface area contributed by atoms with Crippen molar-refractivity contribution in [2.75, 3.05) is 20.6 Å². The Morgan fingerprint density at radius 1 is 1.53 bits per heavy atom. The van der Waals surface area contributed by atoms with Crippen molar-refractivity contribution in [2.45, 2.75) is 13.3 Å². The van der Waals surface area contributed by atoms with Gasteiger partial charge in [0.1, 0.15) is 0 Å². The van der Waals surface area contributed by atoms with Crippen molar-refractivity contribution in [3.63, 3.8) is 0 Å². The van der Waals surface area contributed by atoms with Crippen molar-refractivity contribution in [3.8, 4) is 0 Å². The molecule has 0 fully saturated rings. The molecule has 0 saturated carbocycles. The van der Waals surface area contributed by atoms with Gasteiger partial charge in [0.15, 0.2) is 0 Å². The SMILES string of the molecule is Cc1cnc(CCN(C)C)c(C(=O)O)c1. The van der Waals surface area contributed by atoms with Crippen LogP contribution in [0.4, 0.5) is 0 Å². The predicted octanol–water partition coefficient (Wildman–Crippen LogP) is 1.19. The van der Waals surface area contributed by atoms with Gasteiger partial charge in [-0.1, -0.05) is 0 Å². The van der Waals surface area contributed by atoms with Crippen molar-refractivity contribution in [2.24, 2.45) is 0 Å². The Kier molecular flexibility index (Phi) is 3.80. The molecule has 0 radical (unpaired) electrons. The molecule has 0 saturated heterocycles. The van der Waals surface area contributed by atoms with E-state index in [1.54, 1.807) is 12.3 Å². The van der Waals surface area contributed by atoms with Crippen LogP contribution in [-0.2, 0) is 6.42 Å². The first-order valence-electron chi connectivity index (χ1n) is 4.84. The molecule has 82 valence electrons. The van der Waals surface area contributed by atoms with Crippen LogP contribution in [-0.4, -0.2) is 41.6 Å². The highest BCUT2D eigenvalue weighted by molar-refractivity contribution is 5.89. The van der Waals surface area contributed by atoms with Gasteiger partial charge in [0.25, 0.3) is 0 Å². The Morgan fingerprint density at radius 2 is 2.20 bits per heavy atom. The largest absolute Gasteiger partial charge is 0.478 e. The summed E-state index contributed by atoms with van der Waals surface area (Å²) in [5.41, 5.74) is 1.85. The van der Waals surface area contributed by atoms with E-state index in [1.165, 1.54) is 0 Å². The summed E-state index contributed by atoms with van der Waals surface area (Å²) < 4.78 is 0. The smallest absolute Gasteiger partial charge is 0.337 e. The number of hydrogen-bond acceptors (Lipinski definition) is 3. The maximum atomic E-state index is 11.0. The molecule has 0 aliphatic rings. The number of aromatic nitrogens is 1. The summed E-state index contributed by atoms with van der Waals surface area (Å²) in [6.45, 7) is 2.64. The quantitative estimate of drug-likeness (QED) is 0.807. The average Bonchev–Trinajstić information content (AvgIpc) is 2.15. The van der Waals surface area contributed by atoms with Crippen LogP contribution in [0, 0.1) is 6.92 Å². The van der Waals surface area contributed by atoms with Crippen molar-refractivity contribution >= 4 is 5.97 Å². The molecule has 0 aromatic carbocycles. The maximum Gasteiger partial charge on any atom is 0.337 e. The van der Waals surface area contributed by atoms with Gasteiger partial charge < -0.3 is 10.0 Å². The van der Waals surface area contributed by atoms with E-state index in [9.17, 15) is 4.79 Å². The summed E-state index contributed by atoms with van der Waals surface area (Å²) in [6, 6.07) is 1.67. The second kappa shape index (κ2) is 4.89. The van der Waals surface area contributed by atoms with E-state index in [4.69, 9.17) is 5.11 Å². The molecule has 4 heteroatoms. The molecule has 1 rings (SSSR count). The number of likely N-dealkylation sites (N-methyl/N-ethyl adjacent to an activating group) is 1. The minimum atomic E-state index is -0.903. The molecule has 0 bridgehead atoms. The summed E-state index contributed by atoms with van der Waals surface area (Å²) in [5.74, 6) is -0.903. The summed E-state index contributed by atoms with van der Waals surface area (Å²) in [5, 5.41) is 9.00. The molecule has 0 aliphatic carbocycles. The summed E-state index contributed by atoms with van der Waals surface area (Å²) in [7, 11) is 3.91. The number of carbonyl (C=O) groups is 1. The van der Waals surface area contributed by atoms with E-state index < -0.39 is 5.97 Å². The number of carboxylic acids is 1. The van der Waals surface area contributed by atoms with Crippen LogP contribution < -0.4 is 0 Å². The molecule has 0 spiro atoms. The maximum absolute atomic E-state index is 11.0. The lowest BCUT2D eigenvalue weighted by molar-refractivity contribution is 0.0695. The molecular formula is C11H16N2O2. The zero-order valence-corrected chi connectivity index (χ0v) is 9.32. The molecule has 0 atom stereocenters. The van der Waals surface area contributed by atoms with E-state index in [1.807, 2.05) is 25.9 Å². The number of hydrogen-bond donors (Lipinski definition) is 1. The third-order valence-corrected chi connectivity index (χ3v) is 2.13. The van der Waals surface area contributed by atoms with Gasteiger partial charge in [-0.05, 0) is 32.6 Å². The predicted molar refractivity (Wildman–Crippen MR) is 58.2 cm³/mol. The van der Waals surface area contributed by atoms with Crippen LogP contribution in [0.1, 0.15) is 21.6 Å². The summed E-state index contributed by atoms with van der Waals surface area (Å²) in [4.78, 5) is 17.1. The molecule has 0 unspecified atom stereocenters. The van der Waals surface area contributed by atoms with Gasteiger partial charge in [-0.2, -0.15) is 0 Å². The lowest BCUT2D eigenvalue weighted by atomic mass is 10.1. The Bertz CT molecular complexity index is 362. The van der Waals surface area contributed by atoms with Crippen LogP contribution in [0.2, 0.25) is 0 Å². The van der Waals surface area contributed by atoms with Crippen LogP contribution in [0.5, 0.6) is 0 Å². The molecule has 4 nitrogen and oxygen atoms in total. The Balaban J connectivity index is 2.91. The summed E-state index contributed by atoms with van der Waals surface area (Å²) >= 11 is 0. The highest BCUT2D eigenvalue weighted by Crippen LogP contribution is 2.09. The van der Waals surface area contributed by atoms with Gasteiger partial charge in [-0.3, -0.25) is 4.98 Å². The molecule has 1 aromatic heterocycles. The van der Waals surface area contributed by atoms with Crippen LogP contribution >= 0.6 is 0 Å². The fraction of sp³-hybridized carbons (Fsp3) is 0.455. The molecule has 15 heavy (non-hydrogen) atoms. The molecule has 1 N–H and O–H groups in total. The fourth-order valence-electron chi connectivity index (χ4n) is 1.31. The van der Waals surface area contributed by atoms with Crippen molar-refractivity contribution in [1.29, 1.82) is 0 Å². The first-order valence-corrected chi connectivity index (χ1v) is 4.84. The highest BCUT2D eigenvalue weighted by atomic mass is 16.4. The van der Waals surface area contributed by atoms with Crippen LogP contribution in [0.25, 0.3) is 0 Å². The van der Waals surface area contributed by atoms with Crippen LogP contribution in [0.15, 0.2) is 12.3 Å². The molecule has 1 aromatic rings. The number of nitrogens with zero attached hydrogens (tertiary/aromatic N) is 2. The Morgan fingerprint density at radius 3 is 2.73 bits per heavy atom. The van der Waals surface area contributed by atoms with Crippen molar-refractivity contribution in [1.82, 2.24) is 9.88 Å². The Hall–Kier alpha value is -1.42. The fourth-order valence-corrected chi connectivity index (χ4v) is 1.31. The number of rotatable bonds is 4. The zero-order valence-electron chi connectivity index (χ0n) is 9.32. The first-order chi connectivity index (χ1) is 7.00. The van der Waals surface area contributed by atoms with Gasteiger partial charge in [0, 0.05) is 19.2 Å². The molecule has 1 heterocycles. The molecule has 0 amide bonds. The van der Waals surface area contributed by atoms with Gasteiger partial charge in [0.2, 0.25) is 0 Å². The lowest BCUT2D eigenvalue weighted by Gasteiger charge is -2.10. The van der Waals surface area contributed by atoms with Crippen molar-refractivity contribution in [3.05, 3.63) is 29.1 Å². The minimum Gasteiger partial charge on any atom is -0.478 e. The van der Waals surface area contributed by atoms with Gasteiger partial charge in [0.05, 0.1) is 11.3 Å². The number of aromatic carboxylic acids is 1. The highest BCUT2D eigenvalue weighted by Gasteiger charge is 2.11. The minimum absolute atomic E-state index is 0.317. The number of pyridine rings is 1. The topological polar surface area (TPSA) is 53.4 Å². The average molecular weight is 208 g/mol. The van der Waals surface area contributed by atoms with E-state index in [0.717, 1.165) is 12.1 Å². The van der Waals surface area contributed by atoms with Gasteiger partial charge in [-0.15, -0.1) is 0 Å². The van der Waals surface area contributed by atoms with Crippen LogP contribution in [0.3, 0.4) is 0 Å². The third-order valence-electron chi connectivity index (χ3n) is 2.13. The van der Waals surface area contributed by atoms with E-state index in [2.05, 4.69) is 4.98 Å². The number of aryl methyl sites for hydroxylation is 1. The lowest BCUT2D eigenvalue weighted by Crippen LogP contribution is -2.17. The monoisotopic (exact) mass is 208 g/mol. The van der Waals surface area contributed by atoms with Crippen molar-refractivity contribution < 1.29 is 9.90 Å². The molecular weight excluding hydrogens is 192 g/mol. The van der Waals surface area contributed by atoms with E-state index in [0.29, 0.717) is 17.7 Å².